The highest BCUT2D eigenvalue weighted by Gasteiger charge is 2.17. The van der Waals surface area contributed by atoms with Crippen LogP contribution in [0.5, 0.6) is 5.75 Å². The lowest BCUT2D eigenvalue weighted by molar-refractivity contribution is 0.0950. The molecule has 1 aromatic carbocycles. The minimum atomic E-state index is -0.443. The van der Waals surface area contributed by atoms with E-state index < -0.39 is 5.91 Å². The number of benzene rings is 1. The molecular weight excluding hydrogens is 619 g/mol. The topological polar surface area (TPSA) is 104 Å². The van der Waals surface area contributed by atoms with Crippen LogP contribution in [0.4, 0.5) is 0 Å². The molecule has 0 spiro atoms. The largest absolute Gasteiger partial charge is 0.506 e. The Balaban J connectivity index is 1.40. The molecule has 0 radical (unpaired) electrons. The molecule has 0 unspecified atom stereocenters. The Kier molecular flexibility index (Phi) is 8.16. The van der Waals surface area contributed by atoms with Crippen LogP contribution in [-0.2, 0) is 6.54 Å². The molecule has 3 heterocycles. The van der Waals surface area contributed by atoms with E-state index in [9.17, 15) is 14.7 Å². The van der Waals surface area contributed by atoms with Crippen LogP contribution in [0.2, 0.25) is 5.02 Å². The zero-order valence-electron chi connectivity index (χ0n) is 18.2. The number of hydrogen-bond acceptors (Lipinski definition) is 7. The van der Waals surface area contributed by atoms with Crippen LogP contribution in [0.15, 0.2) is 65.3 Å². The van der Waals surface area contributed by atoms with Crippen LogP contribution in [0, 0.1) is 3.57 Å². The maximum absolute atomic E-state index is 12.6. The number of thiophene rings is 2. The normalized spacial score (nSPS) is 11.3. The van der Waals surface area contributed by atoms with E-state index in [1.54, 1.807) is 42.9 Å². The SMILES string of the molecule is C/C(=N\NC(=O)c1ccc(C(=O)NCc2ccncc2)s1)c1csc(-c2ccc(I)c(Cl)c2)c1O. The summed E-state index contributed by atoms with van der Waals surface area (Å²) in [4.78, 5) is 30.3. The molecule has 3 N–H and O–H groups in total. The molecule has 0 aliphatic rings. The van der Waals surface area contributed by atoms with E-state index in [0.717, 1.165) is 26.0 Å². The smallest absolute Gasteiger partial charge is 0.281 e. The van der Waals surface area contributed by atoms with E-state index >= 15 is 0 Å². The van der Waals surface area contributed by atoms with Gasteiger partial charge in [0, 0.05) is 27.9 Å². The van der Waals surface area contributed by atoms with Crippen LogP contribution in [0.1, 0.15) is 37.4 Å². The maximum Gasteiger partial charge on any atom is 0.281 e. The highest BCUT2D eigenvalue weighted by atomic mass is 127. The number of rotatable bonds is 7. The molecule has 0 aliphatic carbocycles. The maximum atomic E-state index is 12.6. The minimum absolute atomic E-state index is 0.0760. The first kappa shape index (κ1) is 25.3. The lowest BCUT2D eigenvalue weighted by Gasteiger charge is -2.04. The molecule has 4 aromatic rings. The second-order valence-electron chi connectivity index (χ2n) is 7.30. The van der Waals surface area contributed by atoms with Crippen molar-refractivity contribution in [3.8, 4) is 16.2 Å². The number of amides is 2. The van der Waals surface area contributed by atoms with Crippen LogP contribution in [0.3, 0.4) is 0 Å². The molecule has 11 heteroatoms. The molecule has 35 heavy (non-hydrogen) atoms. The number of hydrazone groups is 1. The third-order valence-electron chi connectivity index (χ3n) is 4.92. The first-order valence-corrected chi connectivity index (χ1v) is 13.4. The van der Waals surface area contributed by atoms with E-state index in [-0.39, 0.29) is 11.7 Å². The summed E-state index contributed by atoms with van der Waals surface area (Å²) in [6, 6.07) is 12.4. The van der Waals surface area contributed by atoms with Crippen molar-refractivity contribution in [2.45, 2.75) is 13.5 Å². The van der Waals surface area contributed by atoms with Gasteiger partial charge in [0.15, 0.2) is 0 Å². The Morgan fingerprint density at radius 2 is 1.83 bits per heavy atom. The zero-order chi connectivity index (χ0) is 24.9. The molecule has 4 rings (SSSR count). The number of carbonyl (C=O) groups excluding carboxylic acids is 2. The van der Waals surface area contributed by atoms with E-state index in [4.69, 9.17) is 11.6 Å². The van der Waals surface area contributed by atoms with Crippen molar-refractivity contribution in [1.29, 1.82) is 0 Å². The number of nitrogens with zero attached hydrogens (tertiary/aromatic N) is 2. The fourth-order valence-electron chi connectivity index (χ4n) is 3.05. The van der Waals surface area contributed by atoms with Crippen LogP contribution in [-0.4, -0.2) is 27.6 Å². The van der Waals surface area contributed by atoms with Gasteiger partial charge in [-0.25, -0.2) is 5.43 Å². The van der Waals surface area contributed by atoms with E-state index in [0.29, 0.717) is 37.5 Å². The van der Waals surface area contributed by atoms with Crippen LogP contribution >= 0.6 is 56.9 Å². The summed E-state index contributed by atoms with van der Waals surface area (Å²) in [7, 11) is 0. The number of nitrogens with one attached hydrogen (secondary N) is 2. The molecule has 7 nitrogen and oxygen atoms in total. The van der Waals surface area contributed by atoms with E-state index in [1.807, 2.05) is 24.3 Å². The van der Waals surface area contributed by atoms with Crippen LogP contribution in [0.25, 0.3) is 10.4 Å². The summed E-state index contributed by atoms with van der Waals surface area (Å²) in [6.45, 7) is 2.06. The highest BCUT2D eigenvalue weighted by molar-refractivity contribution is 14.1. The number of aromatic nitrogens is 1. The summed E-state index contributed by atoms with van der Waals surface area (Å²) < 4.78 is 0.924. The number of pyridine rings is 1. The Morgan fingerprint density at radius 3 is 2.54 bits per heavy atom. The summed E-state index contributed by atoms with van der Waals surface area (Å²) in [5.74, 6) is -0.633. The average Bonchev–Trinajstić information content (AvgIpc) is 3.51. The van der Waals surface area contributed by atoms with Crippen molar-refractivity contribution in [2.24, 2.45) is 5.10 Å². The molecule has 178 valence electrons. The Hall–Kier alpha value is -2.80. The fraction of sp³-hybridized carbons (Fsp3) is 0.0833. The standard InChI is InChI=1S/C24H18ClIN4O3S2/c1-13(16-12-34-22(21(16)31)15-2-3-18(26)17(25)10-15)29-30-24(33)20-5-4-19(35-20)23(32)28-11-14-6-8-27-9-7-14/h2-10,12,31H,11H2,1H3,(H,28,32)(H,30,33)/b29-13+. The lowest BCUT2D eigenvalue weighted by atomic mass is 10.1. The third kappa shape index (κ3) is 6.07. The first-order valence-electron chi connectivity index (χ1n) is 10.2. The van der Waals surface area contributed by atoms with Gasteiger partial charge in [-0.15, -0.1) is 22.7 Å². The van der Waals surface area contributed by atoms with Gasteiger partial charge in [0.25, 0.3) is 11.8 Å². The number of carbonyl (C=O) groups is 2. The minimum Gasteiger partial charge on any atom is -0.506 e. The van der Waals surface area contributed by atoms with E-state index in [2.05, 4.69) is 43.4 Å². The van der Waals surface area contributed by atoms with Gasteiger partial charge in [0.05, 0.1) is 30.9 Å². The van der Waals surface area contributed by atoms with Gasteiger partial charge in [-0.1, -0.05) is 17.7 Å². The Bertz CT molecular complexity index is 1420. The highest BCUT2D eigenvalue weighted by Crippen LogP contribution is 2.40. The summed E-state index contributed by atoms with van der Waals surface area (Å²) >= 11 is 10.8. The Morgan fingerprint density at radius 1 is 1.11 bits per heavy atom. The van der Waals surface area contributed by atoms with Gasteiger partial charge in [0.2, 0.25) is 0 Å². The van der Waals surface area contributed by atoms with Crippen molar-refractivity contribution >= 4 is 74.4 Å². The molecule has 0 aliphatic heterocycles. The van der Waals surface area contributed by atoms with Crippen molar-refractivity contribution in [2.75, 3.05) is 0 Å². The molecule has 0 bridgehead atoms. The van der Waals surface area contributed by atoms with Gasteiger partial charge in [0.1, 0.15) is 5.75 Å². The molecule has 0 saturated carbocycles. The van der Waals surface area contributed by atoms with Gasteiger partial charge < -0.3 is 10.4 Å². The quantitative estimate of drug-likeness (QED) is 0.133. The summed E-state index contributed by atoms with van der Waals surface area (Å²) in [5.41, 5.74) is 5.18. The summed E-state index contributed by atoms with van der Waals surface area (Å²) in [6.07, 6.45) is 3.32. The monoisotopic (exact) mass is 636 g/mol. The first-order chi connectivity index (χ1) is 16.8. The predicted molar refractivity (Wildman–Crippen MR) is 149 cm³/mol. The predicted octanol–water partition coefficient (Wildman–Crippen LogP) is 5.92. The molecule has 0 atom stereocenters. The zero-order valence-corrected chi connectivity index (χ0v) is 22.8. The second kappa shape index (κ2) is 11.3. The van der Waals surface area contributed by atoms with Gasteiger partial charge in [-0.2, -0.15) is 5.10 Å². The Labute approximate surface area is 228 Å². The third-order valence-corrected chi connectivity index (χ3v) is 8.59. The van der Waals surface area contributed by atoms with Crippen LogP contribution < -0.4 is 10.7 Å². The van der Waals surface area contributed by atoms with Crippen molar-refractivity contribution in [3.05, 3.63) is 89.7 Å². The fourth-order valence-corrected chi connectivity index (χ4v) is 5.38. The van der Waals surface area contributed by atoms with Gasteiger partial charge in [-0.05, 0) is 77.0 Å². The van der Waals surface area contributed by atoms with Crippen molar-refractivity contribution in [1.82, 2.24) is 15.7 Å². The summed E-state index contributed by atoms with van der Waals surface area (Å²) in [5, 5.41) is 20.1. The molecule has 0 fully saturated rings. The average molecular weight is 637 g/mol. The molecule has 2 amide bonds. The second-order valence-corrected chi connectivity index (χ2v) is 10.8. The van der Waals surface area contributed by atoms with Crippen molar-refractivity contribution in [3.63, 3.8) is 0 Å². The number of aromatic hydroxyl groups is 1. The molecule has 0 saturated heterocycles. The number of halogens is 2. The number of hydrogen-bond donors (Lipinski definition) is 3. The van der Waals surface area contributed by atoms with Gasteiger partial charge >= 0.3 is 0 Å². The molecular formula is C24H18ClIN4O3S2. The van der Waals surface area contributed by atoms with Gasteiger partial charge in [-0.3, -0.25) is 14.6 Å². The molecule has 3 aromatic heterocycles. The van der Waals surface area contributed by atoms with E-state index in [1.165, 1.54) is 11.3 Å². The lowest BCUT2D eigenvalue weighted by Crippen LogP contribution is -2.21. The van der Waals surface area contributed by atoms with Crippen molar-refractivity contribution < 1.29 is 14.7 Å².